The second-order valence-corrected chi connectivity index (χ2v) is 8.75. The van der Waals surface area contributed by atoms with Crippen LogP contribution in [0.15, 0.2) is 30.6 Å². The summed E-state index contributed by atoms with van der Waals surface area (Å²) in [5.41, 5.74) is -0.581. The van der Waals surface area contributed by atoms with Crippen molar-refractivity contribution in [1.29, 1.82) is 0 Å². The van der Waals surface area contributed by atoms with Gasteiger partial charge < -0.3 is 20.9 Å². The molecule has 0 radical (unpaired) electrons. The quantitative estimate of drug-likeness (QED) is 0.649. The van der Waals surface area contributed by atoms with Gasteiger partial charge in [-0.25, -0.2) is 23.5 Å². The Labute approximate surface area is 190 Å². The van der Waals surface area contributed by atoms with Gasteiger partial charge in [0.15, 0.2) is 23.1 Å². The van der Waals surface area contributed by atoms with Crippen LogP contribution in [-0.2, 0) is 0 Å². The fraction of sp³-hybridized carbons (Fsp3) is 0.409. The lowest BCUT2D eigenvalue weighted by molar-refractivity contribution is 0.0913. The normalized spacial score (nSPS) is 14.5. The largest absolute Gasteiger partial charge is 0.348 e. The number of urea groups is 1. The summed E-state index contributed by atoms with van der Waals surface area (Å²) in [5, 5.41) is 8.18. The average Bonchev–Trinajstić information content (AvgIpc) is 2.75. The lowest BCUT2D eigenvalue weighted by Crippen LogP contribution is -2.53. The number of benzene rings is 1. The van der Waals surface area contributed by atoms with Crippen LogP contribution >= 0.6 is 0 Å². The molecule has 9 nitrogen and oxygen atoms in total. The van der Waals surface area contributed by atoms with Gasteiger partial charge in [0, 0.05) is 42.6 Å². The van der Waals surface area contributed by atoms with E-state index in [4.69, 9.17) is 0 Å². The maximum atomic E-state index is 13.4. The molecule has 2 aromatic rings. The van der Waals surface area contributed by atoms with E-state index in [0.717, 1.165) is 18.2 Å². The van der Waals surface area contributed by atoms with Gasteiger partial charge in [0.25, 0.3) is 11.8 Å². The summed E-state index contributed by atoms with van der Waals surface area (Å²) in [6, 6.07) is 2.37. The molecule has 1 fully saturated rings. The molecule has 0 saturated carbocycles. The highest BCUT2D eigenvalue weighted by Gasteiger charge is 2.27. The number of carbonyl (C=O) groups excluding carboxylic acids is 3. The van der Waals surface area contributed by atoms with Crippen molar-refractivity contribution in [3.8, 4) is 0 Å². The predicted molar refractivity (Wildman–Crippen MR) is 117 cm³/mol. The topological polar surface area (TPSA) is 116 Å². The molecule has 0 unspecified atom stereocenters. The maximum absolute atomic E-state index is 13.4. The molecule has 2 heterocycles. The second kappa shape index (κ2) is 9.88. The highest BCUT2D eigenvalue weighted by Crippen LogP contribution is 2.16. The molecule has 0 bridgehead atoms. The van der Waals surface area contributed by atoms with Crippen molar-refractivity contribution in [2.45, 2.75) is 45.2 Å². The number of hydrogen-bond donors (Lipinski definition) is 3. The summed E-state index contributed by atoms with van der Waals surface area (Å²) >= 11 is 0. The molecule has 0 aliphatic carbocycles. The standard InChI is InChI=1S/C22H26F2N6O3/c1-22(2,3)29-21(33)30-10-6-14(7-11-30)27-20(32)17-18(26-9-8-25-17)28-19(31)13-4-5-15(23)16(24)12-13/h4-5,8-9,12,14H,6-7,10-11H2,1-3H3,(H,27,32)(H,29,33)(H,26,28,31). The number of nitrogens with zero attached hydrogens (tertiary/aromatic N) is 3. The van der Waals surface area contributed by atoms with Crippen molar-refractivity contribution in [2.24, 2.45) is 0 Å². The van der Waals surface area contributed by atoms with Gasteiger partial charge in [0.05, 0.1) is 0 Å². The molecule has 176 valence electrons. The number of piperidine rings is 1. The first-order valence-electron chi connectivity index (χ1n) is 10.5. The van der Waals surface area contributed by atoms with Crippen molar-refractivity contribution in [3.63, 3.8) is 0 Å². The molecule has 3 N–H and O–H groups in total. The van der Waals surface area contributed by atoms with E-state index < -0.39 is 23.4 Å². The first-order chi connectivity index (χ1) is 15.5. The molecule has 1 aromatic heterocycles. The summed E-state index contributed by atoms with van der Waals surface area (Å²) in [7, 11) is 0. The van der Waals surface area contributed by atoms with Crippen molar-refractivity contribution in [1.82, 2.24) is 25.5 Å². The summed E-state index contributed by atoms with van der Waals surface area (Å²) < 4.78 is 26.5. The molecule has 0 atom stereocenters. The summed E-state index contributed by atoms with van der Waals surface area (Å²) in [5.74, 6) is -3.65. The third-order valence-electron chi connectivity index (χ3n) is 4.93. The number of anilines is 1. The minimum Gasteiger partial charge on any atom is -0.348 e. The molecule has 4 amide bonds. The fourth-order valence-electron chi connectivity index (χ4n) is 3.29. The molecular formula is C22H26F2N6O3. The Bertz CT molecular complexity index is 1050. The Morgan fingerprint density at radius 1 is 1.00 bits per heavy atom. The third kappa shape index (κ3) is 6.43. The van der Waals surface area contributed by atoms with E-state index in [-0.39, 0.29) is 34.7 Å². The lowest BCUT2D eigenvalue weighted by Gasteiger charge is -2.34. The summed E-state index contributed by atoms with van der Waals surface area (Å²) in [6.45, 7) is 6.67. The molecule has 33 heavy (non-hydrogen) atoms. The van der Waals surface area contributed by atoms with Crippen LogP contribution in [0.5, 0.6) is 0 Å². The van der Waals surface area contributed by atoms with Gasteiger partial charge in [-0.15, -0.1) is 0 Å². The van der Waals surface area contributed by atoms with Crippen LogP contribution in [0, 0.1) is 11.6 Å². The van der Waals surface area contributed by atoms with Gasteiger partial charge in [0.2, 0.25) is 0 Å². The molecule has 11 heteroatoms. The van der Waals surface area contributed by atoms with Crippen molar-refractivity contribution < 1.29 is 23.2 Å². The van der Waals surface area contributed by atoms with E-state index in [2.05, 4.69) is 25.9 Å². The van der Waals surface area contributed by atoms with Crippen LogP contribution in [-0.4, -0.2) is 57.4 Å². The van der Waals surface area contributed by atoms with Crippen molar-refractivity contribution in [2.75, 3.05) is 18.4 Å². The zero-order valence-electron chi connectivity index (χ0n) is 18.6. The van der Waals surface area contributed by atoms with Gasteiger partial charge in [-0.05, 0) is 51.8 Å². The SMILES string of the molecule is CC(C)(C)NC(=O)N1CCC(NC(=O)c2nccnc2NC(=O)c2ccc(F)c(F)c2)CC1. The van der Waals surface area contributed by atoms with E-state index in [9.17, 15) is 23.2 Å². The first-order valence-corrected chi connectivity index (χ1v) is 10.5. The van der Waals surface area contributed by atoms with Crippen molar-refractivity contribution in [3.05, 3.63) is 53.5 Å². The van der Waals surface area contributed by atoms with Crippen LogP contribution < -0.4 is 16.0 Å². The Morgan fingerprint density at radius 2 is 1.67 bits per heavy atom. The van der Waals surface area contributed by atoms with Gasteiger partial charge in [-0.1, -0.05) is 0 Å². The predicted octanol–water partition coefficient (Wildman–Crippen LogP) is 2.71. The monoisotopic (exact) mass is 460 g/mol. The molecule has 3 rings (SSSR count). The zero-order valence-corrected chi connectivity index (χ0v) is 18.6. The van der Waals surface area contributed by atoms with Crippen LogP contribution in [0.25, 0.3) is 0 Å². The molecule has 1 aliphatic rings. The smallest absolute Gasteiger partial charge is 0.317 e. The van der Waals surface area contributed by atoms with Gasteiger partial charge >= 0.3 is 6.03 Å². The van der Waals surface area contributed by atoms with Crippen molar-refractivity contribution >= 4 is 23.7 Å². The van der Waals surface area contributed by atoms with E-state index in [1.165, 1.54) is 12.4 Å². The molecule has 0 spiro atoms. The highest BCUT2D eigenvalue weighted by molar-refractivity contribution is 6.07. The number of hydrogen-bond acceptors (Lipinski definition) is 5. The maximum Gasteiger partial charge on any atom is 0.317 e. The van der Waals surface area contributed by atoms with Crippen LogP contribution in [0.2, 0.25) is 0 Å². The number of amides is 4. The molecule has 1 aliphatic heterocycles. The third-order valence-corrected chi connectivity index (χ3v) is 4.93. The van der Waals surface area contributed by atoms with Crippen LogP contribution in [0.1, 0.15) is 54.5 Å². The van der Waals surface area contributed by atoms with Gasteiger partial charge in [-0.3, -0.25) is 9.59 Å². The Hall–Kier alpha value is -3.63. The Kier molecular flexibility index (Phi) is 7.19. The van der Waals surface area contributed by atoms with Gasteiger partial charge in [-0.2, -0.15) is 0 Å². The minimum absolute atomic E-state index is 0.105. The summed E-state index contributed by atoms with van der Waals surface area (Å²) in [4.78, 5) is 47.2. The lowest BCUT2D eigenvalue weighted by atomic mass is 10.0. The van der Waals surface area contributed by atoms with E-state index in [0.29, 0.717) is 25.9 Å². The molecular weight excluding hydrogens is 434 g/mol. The number of rotatable bonds is 4. The molecule has 1 aromatic carbocycles. The first kappa shape index (κ1) is 24.0. The van der Waals surface area contributed by atoms with E-state index in [1.54, 1.807) is 4.90 Å². The number of likely N-dealkylation sites (tertiary alicyclic amines) is 1. The average molecular weight is 460 g/mol. The Morgan fingerprint density at radius 3 is 2.30 bits per heavy atom. The fourth-order valence-corrected chi connectivity index (χ4v) is 3.29. The zero-order chi connectivity index (χ0) is 24.2. The van der Waals surface area contributed by atoms with Crippen LogP contribution in [0.4, 0.5) is 19.4 Å². The summed E-state index contributed by atoms with van der Waals surface area (Å²) in [6.07, 6.45) is 3.71. The molecule has 1 saturated heterocycles. The second-order valence-electron chi connectivity index (χ2n) is 8.75. The van der Waals surface area contributed by atoms with Crippen LogP contribution in [0.3, 0.4) is 0 Å². The van der Waals surface area contributed by atoms with Gasteiger partial charge in [0.1, 0.15) is 0 Å². The van der Waals surface area contributed by atoms with E-state index >= 15 is 0 Å². The number of carbonyl (C=O) groups is 3. The minimum atomic E-state index is -1.16. The number of aromatic nitrogens is 2. The number of nitrogens with one attached hydrogen (secondary N) is 3. The Balaban J connectivity index is 1.61. The highest BCUT2D eigenvalue weighted by atomic mass is 19.2. The van der Waals surface area contributed by atoms with E-state index in [1.807, 2.05) is 20.8 Å². The number of halogens is 2.